The molecule has 2 aromatic heterocycles. The first kappa shape index (κ1) is 21.6. The number of halogens is 1. The third-order valence-electron chi connectivity index (χ3n) is 6.96. The van der Waals surface area contributed by atoms with E-state index in [0.29, 0.717) is 40.1 Å². The highest BCUT2D eigenvalue weighted by molar-refractivity contribution is 6.14. The number of nitrogens with zero attached hydrogens (tertiary/aromatic N) is 3. The number of imidazole rings is 1. The molecule has 2 fully saturated rings. The van der Waals surface area contributed by atoms with Gasteiger partial charge in [0.1, 0.15) is 11.5 Å². The number of nitrogens with one attached hydrogen (secondary N) is 2. The van der Waals surface area contributed by atoms with Crippen LogP contribution in [0.3, 0.4) is 0 Å². The van der Waals surface area contributed by atoms with E-state index in [1.165, 1.54) is 44.4 Å². The molecular weight excluding hydrogens is 417 g/mol. The lowest BCUT2D eigenvalue weighted by Crippen LogP contribution is -2.42. The predicted octanol–water partition coefficient (Wildman–Crippen LogP) is 5.12. The highest BCUT2D eigenvalue weighted by Gasteiger charge is 2.32. The van der Waals surface area contributed by atoms with Gasteiger partial charge in [-0.15, -0.1) is 0 Å². The van der Waals surface area contributed by atoms with E-state index in [1.807, 2.05) is 18.2 Å². The molecular formula is C26H30FN5O. The largest absolute Gasteiger partial charge is 0.388 e. The van der Waals surface area contributed by atoms with Gasteiger partial charge in [0, 0.05) is 42.6 Å². The Balaban J connectivity index is 1.45. The van der Waals surface area contributed by atoms with E-state index in [1.54, 1.807) is 23.7 Å². The first-order valence-corrected chi connectivity index (χ1v) is 11.9. The van der Waals surface area contributed by atoms with Gasteiger partial charge < -0.3 is 10.2 Å². The third-order valence-corrected chi connectivity index (χ3v) is 6.96. The second-order valence-corrected chi connectivity index (χ2v) is 9.30. The van der Waals surface area contributed by atoms with Crippen molar-refractivity contribution in [3.8, 4) is 0 Å². The number of rotatable bonds is 7. The molecule has 2 saturated carbocycles. The molecule has 0 saturated heterocycles. The average Bonchev–Trinajstić information content (AvgIpc) is 3.58. The second kappa shape index (κ2) is 8.96. The number of anilines is 1. The van der Waals surface area contributed by atoms with Gasteiger partial charge in [-0.2, -0.15) is 0 Å². The van der Waals surface area contributed by atoms with Gasteiger partial charge in [-0.05, 0) is 61.9 Å². The quantitative estimate of drug-likeness (QED) is 0.494. The van der Waals surface area contributed by atoms with E-state index in [2.05, 4.69) is 15.2 Å². The molecule has 33 heavy (non-hydrogen) atoms. The molecule has 172 valence electrons. The lowest BCUT2D eigenvalue weighted by atomic mass is 9.93. The molecule has 6 nitrogen and oxygen atoms in total. The molecule has 0 spiro atoms. The first-order chi connectivity index (χ1) is 16.0. The van der Waals surface area contributed by atoms with Crippen molar-refractivity contribution in [2.45, 2.75) is 51.0 Å². The van der Waals surface area contributed by atoms with Crippen LogP contribution in [0.2, 0.25) is 0 Å². The van der Waals surface area contributed by atoms with Crippen LogP contribution in [0.1, 0.15) is 66.6 Å². The maximum Gasteiger partial charge on any atom is 0.254 e. The normalized spacial score (nSPS) is 16.7. The van der Waals surface area contributed by atoms with Crippen LogP contribution in [0.25, 0.3) is 5.65 Å². The summed E-state index contributed by atoms with van der Waals surface area (Å²) in [7, 11) is 1.79. The number of carbonyl (C=O) groups excluding carboxylic acids is 1. The highest BCUT2D eigenvalue weighted by Crippen LogP contribution is 2.34. The Morgan fingerprint density at radius 1 is 1.18 bits per heavy atom. The number of hydrogen-bond donors (Lipinski definition) is 2. The fourth-order valence-electron chi connectivity index (χ4n) is 4.91. The van der Waals surface area contributed by atoms with Crippen molar-refractivity contribution in [2.24, 2.45) is 5.92 Å². The van der Waals surface area contributed by atoms with Crippen molar-refractivity contribution in [3.63, 3.8) is 0 Å². The van der Waals surface area contributed by atoms with Gasteiger partial charge in [-0.25, -0.2) is 9.37 Å². The number of hydrogen-bond acceptors (Lipinski definition) is 4. The van der Waals surface area contributed by atoms with E-state index in [0.717, 1.165) is 19.4 Å². The molecule has 2 aliphatic rings. The van der Waals surface area contributed by atoms with Gasteiger partial charge >= 0.3 is 0 Å². The van der Waals surface area contributed by atoms with Crippen molar-refractivity contribution in [2.75, 3.05) is 18.9 Å². The third kappa shape index (κ3) is 4.36. The van der Waals surface area contributed by atoms with Gasteiger partial charge in [0.2, 0.25) is 0 Å². The van der Waals surface area contributed by atoms with Crippen LogP contribution < -0.4 is 5.32 Å². The standard InChI is InChI=1S/C26H30FN5O/c1-29-22-13-18(26(33)31(15-17-7-8-17)20-5-3-2-4-6-20)9-11-21(22)25(28)23-14-30-24-12-10-19(27)16-32(23)24/h9-14,16-17,20,28-29H,2-8,15H2,1H3. The summed E-state index contributed by atoms with van der Waals surface area (Å²) in [6.45, 7) is 0.851. The predicted molar refractivity (Wildman–Crippen MR) is 128 cm³/mol. The number of carbonyl (C=O) groups is 1. The summed E-state index contributed by atoms with van der Waals surface area (Å²) in [6, 6.07) is 8.76. The first-order valence-electron chi connectivity index (χ1n) is 11.9. The zero-order valence-corrected chi connectivity index (χ0v) is 19.0. The van der Waals surface area contributed by atoms with E-state index < -0.39 is 0 Å². The van der Waals surface area contributed by atoms with Crippen LogP contribution in [0, 0.1) is 17.1 Å². The molecule has 0 unspecified atom stereocenters. The summed E-state index contributed by atoms with van der Waals surface area (Å²) in [5.41, 5.74) is 3.29. The minimum Gasteiger partial charge on any atom is -0.388 e. The SMILES string of the molecule is CNc1cc(C(=O)N(CC2CC2)C2CCCCC2)ccc1C(=N)c1cnc2ccc(F)cn12. The summed E-state index contributed by atoms with van der Waals surface area (Å²) >= 11 is 0. The summed E-state index contributed by atoms with van der Waals surface area (Å²) < 4.78 is 15.4. The number of fused-ring (bicyclic) bond motifs is 1. The van der Waals surface area contributed by atoms with E-state index in [-0.39, 0.29) is 17.4 Å². The van der Waals surface area contributed by atoms with Gasteiger partial charge in [-0.3, -0.25) is 14.6 Å². The maximum absolute atomic E-state index is 13.8. The van der Waals surface area contributed by atoms with Crippen molar-refractivity contribution in [1.29, 1.82) is 5.41 Å². The molecule has 2 heterocycles. The van der Waals surface area contributed by atoms with Crippen LogP contribution in [0.15, 0.2) is 42.7 Å². The van der Waals surface area contributed by atoms with Crippen molar-refractivity contribution in [1.82, 2.24) is 14.3 Å². The average molecular weight is 448 g/mol. The molecule has 1 amide bonds. The lowest BCUT2D eigenvalue weighted by molar-refractivity contribution is 0.0622. The summed E-state index contributed by atoms with van der Waals surface area (Å²) in [5, 5.41) is 11.9. The molecule has 0 atom stereocenters. The van der Waals surface area contributed by atoms with Gasteiger partial charge in [0.25, 0.3) is 5.91 Å². The number of amides is 1. The van der Waals surface area contributed by atoms with Gasteiger partial charge in [0.05, 0.1) is 17.6 Å². The molecule has 3 aromatic rings. The van der Waals surface area contributed by atoms with E-state index in [9.17, 15) is 9.18 Å². The fraction of sp³-hybridized carbons (Fsp3) is 0.423. The van der Waals surface area contributed by atoms with E-state index >= 15 is 0 Å². The lowest BCUT2D eigenvalue weighted by Gasteiger charge is -2.35. The topological polar surface area (TPSA) is 73.5 Å². The minimum atomic E-state index is -0.386. The zero-order valence-electron chi connectivity index (χ0n) is 19.0. The smallest absolute Gasteiger partial charge is 0.254 e. The Morgan fingerprint density at radius 2 is 1.97 bits per heavy atom. The molecule has 2 aliphatic carbocycles. The van der Waals surface area contributed by atoms with Crippen molar-refractivity contribution < 1.29 is 9.18 Å². The Labute approximate surface area is 193 Å². The molecule has 5 rings (SSSR count). The molecule has 0 bridgehead atoms. The highest BCUT2D eigenvalue weighted by atomic mass is 19.1. The molecule has 0 radical (unpaired) electrons. The van der Waals surface area contributed by atoms with Gasteiger partial charge in [0.15, 0.2) is 0 Å². The minimum absolute atomic E-state index is 0.0836. The van der Waals surface area contributed by atoms with Crippen LogP contribution in [-0.4, -0.2) is 45.5 Å². The fourth-order valence-corrected chi connectivity index (χ4v) is 4.91. The van der Waals surface area contributed by atoms with E-state index in [4.69, 9.17) is 5.41 Å². The molecule has 0 aliphatic heterocycles. The van der Waals surface area contributed by atoms with Gasteiger partial charge in [-0.1, -0.05) is 19.3 Å². The maximum atomic E-state index is 13.8. The molecule has 1 aromatic carbocycles. The Bertz CT molecular complexity index is 1190. The van der Waals surface area contributed by atoms with Crippen LogP contribution in [0.4, 0.5) is 10.1 Å². The molecule has 7 heteroatoms. The Morgan fingerprint density at radius 3 is 2.70 bits per heavy atom. The Hall–Kier alpha value is -3.22. The number of pyridine rings is 1. The summed E-state index contributed by atoms with van der Waals surface area (Å²) in [4.78, 5) is 20.0. The van der Waals surface area contributed by atoms with Crippen molar-refractivity contribution >= 4 is 23.0 Å². The Kier molecular flexibility index (Phi) is 5.87. The number of aromatic nitrogens is 2. The van der Waals surface area contributed by atoms with Crippen LogP contribution in [-0.2, 0) is 0 Å². The van der Waals surface area contributed by atoms with Crippen LogP contribution in [0.5, 0.6) is 0 Å². The summed E-state index contributed by atoms with van der Waals surface area (Å²) in [6.07, 6.45) is 11.2. The van der Waals surface area contributed by atoms with Crippen molar-refractivity contribution in [3.05, 3.63) is 65.4 Å². The second-order valence-electron chi connectivity index (χ2n) is 9.30. The van der Waals surface area contributed by atoms with Crippen LogP contribution >= 0.6 is 0 Å². The summed E-state index contributed by atoms with van der Waals surface area (Å²) in [5.74, 6) is 0.339. The molecule has 2 N–H and O–H groups in total. The zero-order chi connectivity index (χ0) is 22.9. The number of benzene rings is 1. The monoisotopic (exact) mass is 447 g/mol.